The Bertz CT molecular complexity index is 362. The molecule has 1 aliphatic carbocycles. The molecule has 1 saturated carbocycles. The van der Waals surface area contributed by atoms with E-state index in [-0.39, 0.29) is 6.42 Å². The topological polar surface area (TPSA) is 60.8 Å². The molecular formula is C12H17NO3S. The van der Waals surface area contributed by atoms with Crippen LogP contribution < -0.4 is 0 Å². The Labute approximate surface area is 104 Å². The molecule has 4 nitrogen and oxygen atoms in total. The number of nitrogens with zero attached hydrogens (tertiary/aromatic N) is 1. The van der Waals surface area contributed by atoms with Crippen LogP contribution in [0.4, 0.5) is 0 Å². The third-order valence-electron chi connectivity index (χ3n) is 2.88. The predicted molar refractivity (Wildman–Crippen MR) is 66.0 cm³/mol. The van der Waals surface area contributed by atoms with E-state index in [1.54, 1.807) is 11.3 Å². The fourth-order valence-electron chi connectivity index (χ4n) is 1.94. The number of aliphatic hydroxyl groups excluding tert-OH is 1. The van der Waals surface area contributed by atoms with Crippen molar-refractivity contribution in [3.63, 3.8) is 0 Å². The monoisotopic (exact) mass is 255 g/mol. The first-order valence-corrected chi connectivity index (χ1v) is 6.74. The lowest BCUT2D eigenvalue weighted by molar-refractivity contribution is -0.139. The van der Waals surface area contributed by atoms with E-state index in [9.17, 15) is 9.90 Å². The highest BCUT2D eigenvalue weighted by atomic mass is 32.1. The summed E-state index contributed by atoms with van der Waals surface area (Å²) >= 11 is 1.66. The Hall–Kier alpha value is -0.910. The van der Waals surface area contributed by atoms with Gasteiger partial charge in [-0.15, -0.1) is 0 Å². The molecule has 0 bridgehead atoms. The second-order valence-corrected chi connectivity index (χ2v) is 5.32. The van der Waals surface area contributed by atoms with Crippen molar-refractivity contribution in [1.29, 1.82) is 0 Å². The Kier molecular flexibility index (Phi) is 4.15. The maximum absolute atomic E-state index is 10.5. The van der Waals surface area contributed by atoms with Crippen molar-refractivity contribution in [3.05, 3.63) is 22.4 Å². The van der Waals surface area contributed by atoms with E-state index in [4.69, 9.17) is 5.11 Å². The summed E-state index contributed by atoms with van der Waals surface area (Å²) in [6.45, 7) is 1.26. The van der Waals surface area contributed by atoms with E-state index in [2.05, 4.69) is 16.3 Å². The van der Waals surface area contributed by atoms with E-state index >= 15 is 0 Å². The number of hydrogen-bond donors (Lipinski definition) is 2. The summed E-state index contributed by atoms with van der Waals surface area (Å²) in [6.07, 6.45) is 1.37. The minimum atomic E-state index is -0.941. The average molecular weight is 255 g/mol. The van der Waals surface area contributed by atoms with Gasteiger partial charge in [-0.2, -0.15) is 11.3 Å². The molecule has 0 radical (unpaired) electrons. The molecule has 0 aromatic carbocycles. The predicted octanol–water partition coefficient (Wildman–Crippen LogP) is 1.55. The number of thiophene rings is 1. The number of carboxylic acid groups (broad SMARTS) is 1. The smallest absolute Gasteiger partial charge is 0.306 e. The highest BCUT2D eigenvalue weighted by molar-refractivity contribution is 7.07. The molecule has 0 amide bonds. The van der Waals surface area contributed by atoms with Crippen LogP contribution in [0.3, 0.4) is 0 Å². The molecular weight excluding hydrogens is 238 g/mol. The van der Waals surface area contributed by atoms with Crippen molar-refractivity contribution in [1.82, 2.24) is 4.90 Å². The summed E-state index contributed by atoms with van der Waals surface area (Å²) in [7, 11) is 0. The van der Waals surface area contributed by atoms with Crippen molar-refractivity contribution < 1.29 is 15.0 Å². The van der Waals surface area contributed by atoms with Gasteiger partial charge in [-0.25, -0.2) is 0 Å². The molecule has 1 fully saturated rings. The largest absolute Gasteiger partial charge is 0.481 e. The molecule has 2 rings (SSSR count). The van der Waals surface area contributed by atoms with Crippen molar-refractivity contribution in [2.75, 3.05) is 6.54 Å². The Morgan fingerprint density at radius 1 is 1.59 bits per heavy atom. The zero-order valence-electron chi connectivity index (χ0n) is 9.58. The maximum Gasteiger partial charge on any atom is 0.306 e. The molecule has 0 saturated heterocycles. The Balaban J connectivity index is 1.86. The van der Waals surface area contributed by atoms with Gasteiger partial charge in [-0.3, -0.25) is 9.69 Å². The second kappa shape index (κ2) is 5.62. The van der Waals surface area contributed by atoms with Crippen molar-refractivity contribution in [2.45, 2.75) is 38.0 Å². The van der Waals surface area contributed by atoms with Gasteiger partial charge in [0.15, 0.2) is 0 Å². The van der Waals surface area contributed by atoms with E-state index in [0.29, 0.717) is 12.6 Å². The van der Waals surface area contributed by atoms with E-state index in [1.165, 1.54) is 5.56 Å². The van der Waals surface area contributed by atoms with Crippen molar-refractivity contribution >= 4 is 17.3 Å². The van der Waals surface area contributed by atoms with Crippen LogP contribution in [-0.2, 0) is 11.3 Å². The molecule has 1 atom stereocenters. The third kappa shape index (κ3) is 4.11. The molecule has 0 aliphatic heterocycles. The molecule has 0 spiro atoms. The van der Waals surface area contributed by atoms with Gasteiger partial charge in [0.1, 0.15) is 0 Å². The first-order chi connectivity index (χ1) is 8.15. The quantitative estimate of drug-likeness (QED) is 0.776. The molecule has 1 unspecified atom stereocenters. The lowest BCUT2D eigenvalue weighted by Crippen LogP contribution is -2.34. The summed E-state index contributed by atoms with van der Waals surface area (Å²) in [5.41, 5.74) is 1.24. The molecule has 17 heavy (non-hydrogen) atoms. The minimum absolute atomic E-state index is 0.174. The van der Waals surface area contributed by atoms with E-state index in [0.717, 1.165) is 19.4 Å². The summed E-state index contributed by atoms with van der Waals surface area (Å²) < 4.78 is 0. The summed E-state index contributed by atoms with van der Waals surface area (Å²) in [6, 6.07) is 2.60. The average Bonchev–Trinajstić information content (AvgIpc) is 2.96. The van der Waals surface area contributed by atoms with Gasteiger partial charge < -0.3 is 10.2 Å². The molecule has 1 aliphatic rings. The summed E-state index contributed by atoms with van der Waals surface area (Å²) in [5, 5.41) is 22.4. The van der Waals surface area contributed by atoms with Crippen LogP contribution in [0.2, 0.25) is 0 Å². The van der Waals surface area contributed by atoms with Gasteiger partial charge in [0.05, 0.1) is 12.5 Å². The van der Waals surface area contributed by atoms with Crippen LogP contribution >= 0.6 is 11.3 Å². The number of carboxylic acids is 1. The maximum atomic E-state index is 10.5. The molecule has 5 heteroatoms. The number of hydrogen-bond acceptors (Lipinski definition) is 4. The van der Waals surface area contributed by atoms with E-state index < -0.39 is 12.1 Å². The zero-order chi connectivity index (χ0) is 12.3. The molecule has 94 valence electrons. The molecule has 1 aromatic rings. The molecule has 1 aromatic heterocycles. The van der Waals surface area contributed by atoms with Crippen LogP contribution in [0.25, 0.3) is 0 Å². The fraction of sp³-hybridized carbons (Fsp3) is 0.583. The van der Waals surface area contributed by atoms with Crippen molar-refractivity contribution in [2.24, 2.45) is 0 Å². The van der Waals surface area contributed by atoms with Gasteiger partial charge >= 0.3 is 5.97 Å². The molecule has 1 heterocycles. The highest BCUT2D eigenvalue weighted by Crippen LogP contribution is 2.29. The van der Waals surface area contributed by atoms with Gasteiger partial charge in [-0.05, 0) is 35.2 Å². The van der Waals surface area contributed by atoms with Crippen LogP contribution in [0.15, 0.2) is 16.8 Å². The van der Waals surface area contributed by atoms with Crippen LogP contribution in [0.5, 0.6) is 0 Å². The normalized spacial score (nSPS) is 17.3. The number of aliphatic carboxylic acids is 1. The van der Waals surface area contributed by atoms with Gasteiger partial charge in [0.2, 0.25) is 0 Å². The fourth-order valence-corrected chi connectivity index (χ4v) is 2.60. The van der Waals surface area contributed by atoms with Gasteiger partial charge in [0.25, 0.3) is 0 Å². The zero-order valence-corrected chi connectivity index (χ0v) is 10.4. The Morgan fingerprint density at radius 3 is 2.88 bits per heavy atom. The Morgan fingerprint density at radius 2 is 2.35 bits per heavy atom. The molecule has 2 N–H and O–H groups in total. The summed E-state index contributed by atoms with van der Waals surface area (Å²) in [4.78, 5) is 12.7. The summed E-state index contributed by atoms with van der Waals surface area (Å²) in [5.74, 6) is -0.941. The SMILES string of the molecule is O=C(O)CC(O)CN(Cc1ccsc1)C1CC1. The lowest BCUT2D eigenvalue weighted by atomic mass is 10.2. The third-order valence-corrected chi connectivity index (χ3v) is 3.62. The number of aliphatic hydroxyl groups is 1. The van der Waals surface area contributed by atoms with Gasteiger partial charge in [-0.1, -0.05) is 0 Å². The second-order valence-electron chi connectivity index (χ2n) is 4.54. The van der Waals surface area contributed by atoms with Crippen LogP contribution in [-0.4, -0.2) is 39.8 Å². The standard InChI is InChI=1S/C12H17NO3S/c14-11(5-12(15)16)7-13(10-1-2-10)6-9-3-4-17-8-9/h3-4,8,10-11,14H,1-2,5-7H2,(H,15,16). The lowest BCUT2D eigenvalue weighted by Gasteiger charge is -2.23. The van der Waals surface area contributed by atoms with Gasteiger partial charge in [0, 0.05) is 19.1 Å². The highest BCUT2D eigenvalue weighted by Gasteiger charge is 2.30. The number of carbonyl (C=O) groups is 1. The minimum Gasteiger partial charge on any atom is -0.481 e. The van der Waals surface area contributed by atoms with Crippen LogP contribution in [0, 0.1) is 0 Å². The van der Waals surface area contributed by atoms with Crippen molar-refractivity contribution in [3.8, 4) is 0 Å². The first kappa shape index (κ1) is 12.5. The van der Waals surface area contributed by atoms with Crippen LogP contribution in [0.1, 0.15) is 24.8 Å². The number of rotatable bonds is 7. The van der Waals surface area contributed by atoms with E-state index in [1.807, 2.05) is 5.38 Å². The first-order valence-electron chi connectivity index (χ1n) is 5.80.